The normalized spacial score (nSPS) is 14.2. The molecule has 3 rings (SSSR count). The summed E-state index contributed by atoms with van der Waals surface area (Å²) in [4.78, 5) is 0. The molecule has 1 aliphatic heterocycles. The third-order valence-corrected chi connectivity index (χ3v) is 4.91. The van der Waals surface area contributed by atoms with E-state index in [1.165, 1.54) is 21.9 Å². The minimum atomic E-state index is -3.90. The topological polar surface area (TPSA) is 57.4 Å². The molecule has 21 heavy (non-hydrogen) atoms. The molecule has 0 saturated carbocycles. The van der Waals surface area contributed by atoms with Crippen molar-refractivity contribution in [1.29, 1.82) is 0 Å². The van der Waals surface area contributed by atoms with Gasteiger partial charge < -0.3 is 0 Å². The van der Waals surface area contributed by atoms with Crippen molar-refractivity contribution in [2.24, 2.45) is 0 Å². The molecule has 2 aromatic carbocycles. The summed E-state index contributed by atoms with van der Waals surface area (Å²) in [5.74, 6) is -0.206. The maximum atomic E-state index is 10.9. The van der Waals surface area contributed by atoms with Crippen LogP contribution in [0.5, 0.6) is 0 Å². The van der Waals surface area contributed by atoms with E-state index in [4.69, 9.17) is 4.55 Å². The van der Waals surface area contributed by atoms with E-state index in [9.17, 15) is 8.42 Å². The minimum Gasteiger partial charge on any atom is -0.286 e. The van der Waals surface area contributed by atoms with Gasteiger partial charge in [-0.15, -0.1) is 0 Å². The van der Waals surface area contributed by atoms with Crippen molar-refractivity contribution in [3.05, 3.63) is 41.5 Å². The molecule has 1 heterocycles. The van der Waals surface area contributed by atoms with Crippen LogP contribution in [0, 0.1) is 6.92 Å². The molecule has 0 amide bonds. The highest BCUT2D eigenvalue weighted by atomic mass is 32.2. The van der Waals surface area contributed by atoms with Gasteiger partial charge in [0.15, 0.2) is 5.71 Å². The van der Waals surface area contributed by atoms with Gasteiger partial charge in [0.1, 0.15) is 6.54 Å². The number of nitrogens with zero attached hydrogens (tertiary/aromatic N) is 1. The molecule has 1 aliphatic rings. The summed E-state index contributed by atoms with van der Waals surface area (Å²) in [6.45, 7) is 4.73. The van der Waals surface area contributed by atoms with Crippen LogP contribution in [0.3, 0.4) is 0 Å². The Morgan fingerprint density at radius 2 is 1.90 bits per heavy atom. The lowest BCUT2D eigenvalue weighted by Gasteiger charge is -2.03. The Bertz CT molecular complexity index is 866. The number of hydrogen-bond acceptors (Lipinski definition) is 2. The Labute approximate surface area is 124 Å². The summed E-state index contributed by atoms with van der Waals surface area (Å²) >= 11 is 0. The molecule has 2 aromatic rings. The Kier molecular flexibility index (Phi) is 3.34. The second-order valence-electron chi connectivity index (χ2n) is 5.51. The van der Waals surface area contributed by atoms with Crippen LogP contribution < -0.4 is 0 Å². The van der Waals surface area contributed by atoms with Gasteiger partial charge in [-0.25, -0.2) is 0 Å². The zero-order valence-corrected chi connectivity index (χ0v) is 12.9. The Morgan fingerprint density at radius 3 is 2.62 bits per heavy atom. The van der Waals surface area contributed by atoms with Gasteiger partial charge in [0.05, 0.1) is 16.7 Å². The zero-order chi connectivity index (χ0) is 15.2. The van der Waals surface area contributed by atoms with Crippen molar-refractivity contribution in [1.82, 2.24) is 0 Å². The predicted molar refractivity (Wildman–Crippen MR) is 84.3 cm³/mol. The first-order valence-corrected chi connectivity index (χ1v) is 8.58. The van der Waals surface area contributed by atoms with Gasteiger partial charge in [-0.1, -0.05) is 18.2 Å². The van der Waals surface area contributed by atoms with E-state index in [1.54, 1.807) is 0 Å². The zero-order valence-electron chi connectivity index (χ0n) is 12.1. The third kappa shape index (κ3) is 2.47. The van der Waals surface area contributed by atoms with Crippen LogP contribution in [-0.4, -0.2) is 35.6 Å². The van der Waals surface area contributed by atoms with E-state index in [-0.39, 0.29) is 5.75 Å². The molecule has 0 unspecified atom stereocenters. The summed E-state index contributed by atoms with van der Waals surface area (Å²) in [5, 5.41) is 2.48. The van der Waals surface area contributed by atoms with E-state index >= 15 is 0 Å². The quantitative estimate of drug-likeness (QED) is 0.698. The van der Waals surface area contributed by atoms with Gasteiger partial charge in [-0.3, -0.25) is 4.55 Å². The summed E-state index contributed by atoms with van der Waals surface area (Å²) < 4.78 is 32.7. The first kappa shape index (κ1) is 14.2. The van der Waals surface area contributed by atoms with Crippen LogP contribution in [0.25, 0.3) is 10.8 Å². The molecule has 0 aromatic heterocycles. The number of hydrogen-bond donors (Lipinski definition) is 1. The second-order valence-corrected chi connectivity index (χ2v) is 7.08. The molecule has 5 heteroatoms. The lowest BCUT2D eigenvalue weighted by molar-refractivity contribution is -0.436. The smallest absolute Gasteiger partial charge is 0.265 e. The number of rotatable bonds is 4. The van der Waals surface area contributed by atoms with Crippen molar-refractivity contribution in [2.75, 3.05) is 12.3 Å². The van der Waals surface area contributed by atoms with Gasteiger partial charge in [-0.05, 0) is 23.9 Å². The molecule has 4 nitrogen and oxygen atoms in total. The van der Waals surface area contributed by atoms with Crippen molar-refractivity contribution >= 4 is 32.3 Å². The lowest BCUT2D eigenvalue weighted by atomic mass is 9.99. The summed E-state index contributed by atoms with van der Waals surface area (Å²) in [6, 6.07) is 10.5. The molecule has 0 fully saturated rings. The second kappa shape index (κ2) is 4.93. The average Bonchev–Trinajstić information content (AvgIpc) is 2.68. The highest BCUT2D eigenvalue weighted by Gasteiger charge is 2.29. The standard InChI is InChI=1S/C16H17NO3S/c1-11-7-8-15-16-13(11)5-3-6-14(16)12(2)17(15)9-4-10-21(18,19)20/h3,5-8H,4,9-10H2,1-2H3/p+1. The van der Waals surface area contributed by atoms with Crippen molar-refractivity contribution in [3.8, 4) is 0 Å². The molecule has 0 bridgehead atoms. The summed E-state index contributed by atoms with van der Waals surface area (Å²) in [7, 11) is -3.90. The Morgan fingerprint density at radius 1 is 1.14 bits per heavy atom. The molecule has 0 radical (unpaired) electrons. The molecule has 0 spiro atoms. The van der Waals surface area contributed by atoms with E-state index in [0.717, 1.165) is 11.4 Å². The predicted octanol–water partition coefficient (Wildman–Crippen LogP) is 2.89. The van der Waals surface area contributed by atoms with Crippen molar-refractivity contribution in [3.63, 3.8) is 0 Å². The van der Waals surface area contributed by atoms with Crippen LogP contribution in [0.4, 0.5) is 5.69 Å². The van der Waals surface area contributed by atoms with E-state index in [1.807, 2.05) is 0 Å². The molecule has 0 atom stereocenters. The monoisotopic (exact) mass is 304 g/mol. The average molecular weight is 304 g/mol. The summed E-state index contributed by atoms with van der Waals surface area (Å²) in [5.41, 5.74) is 4.71. The maximum Gasteiger partial charge on any atom is 0.265 e. The fourth-order valence-electron chi connectivity index (χ4n) is 3.08. The third-order valence-electron chi connectivity index (χ3n) is 4.11. The van der Waals surface area contributed by atoms with Crippen LogP contribution >= 0.6 is 0 Å². The molecule has 1 N–H and O–H groups in total. The fourth-order valence-corrected chi connectivity index (χ4v) is 3.57. The van der Waals surface area contributed by atoms with E-state index in [0.29, 0.717) is 13.0 Å². The van der Waals surface area contributed by atoms with Crippen LogP contribution in [0.1, 0.15) is 24.5 Å². The molecular weight excluding hydrogens is 286 g/mol. The highest BCUT2D eigenvalue weighted by Crippen LogP contribution is 2.36. The van der Waals surface area contributed by atoms with Gasteiger partial charge in [0.2, 0.25) is 5.69 Å². The molecular formula is C16H18NO3S+. The maximum absolute atomic E-state index is 10.9. The molecule has 0 aliphatic carbocycles. The van der Waals surface area contributed by atoms with Crippen LogP contribution in [-0.2, 0) is 10.1 Å². The Balaban J connectivity index is 2.02. The minimum absolute atomic E-state index is 0.206. The molecule has 0 saturated heterocycles. The van der Waals surface area contributed by atoms with Gasteiger partial charge >= 0.3 is 0 Å². The van der Waals surface area contributed by atoms with Crippen LogP contribution in [0.2, 0.25) is 0 Å². The number of benzene rings is 2. The van der Waals surface area contributed by atoms with E-state index < -0.39 is 10.1 Å². The first-order valence-electron chi connectivity index (χ1n) is 6.97. The van der Waals surface area contributed by atoms with Gasteiger partial charge in [0.25, 0.3) is 10.1 Å². The SMILES string of the molecule is CC1=[N+](CCCS(=O)(=O)O)c2ccc(C)c3cccc1c23. The van der Waals surface area contributed by atoms with E-state index in [2.05, 4.69) is 48.8 Å². The summed E-state index contributed by atoms with van der Waals surface area (Å²) in [6.07, 6.45) is 0.402. The van der Waals surface area contributed by atoms with Crippen molar-refractivity contribution in [2.45, 2.75) is 20.3 Å². The lowest BCUT2D eigenvalue weighted by Crippen LogP contribution is -2.15. The fraction of sp³-hybridized carbons (Fsp3) is 0.312. The Hall–Kier alpha value is -1.72. The van der Waals surface area contributed by atoms with Crippen LogP contribution in [0.15, 0.2) is 30.3 Å². The largest absolute Gasteiger partial charge is 0.286 e. The number of aryl methyl sites for hydroxylation is 1. The van der Waals surface area contributed by atoms with Crippen molar-refractivity contribution < 1.29 is 17.5 Å². The molecule has 110 valence electrons. The highest BCUT2D eigenvalue weighted by molar-refractivity contribution is 7.85. The van der Waals surface area contributed by atoms with Gasteiger partial charge in [-0.2, -0.15) is 13.0 Å². The first-order chi connectivity index (χ1) is 9.88. The van der Waals surface area contributed by atoms with Gasteiger partial charge in [0, 0.05) is 19.4 Å².